The number of aryl methyl sites for hydroxylation is 1. The largest absolute Gasteiger partial charge is 0.332 e. The molecule has 0 bridgehead atoms. The average Bonchev–Trinajstić information content (AvgIpc) is 3.45. The molecule has 3 aromatic rings. The minimum atomic E-state index is -0.0599. The normalized spacial score (nSPS) is 11.8. The van der Waals surface area contributed by atoms with Crippen molar-refractivity contribution in [2.45, 2.75) is 40.3 Å². The number of hydrogen-bond donors (Lipinski definition) is 0. The molecule has 6 heteroatoms. The molecule has 4 nitrogen and oxygen atoms in total. The van der Waals surface area contributed by atoms with Gasteiger partial charge < -0.3 is 9.80 Å². The van der Waals surface area contributed by atoms with E-state index in [2.05, 4.69) is 32.9 Å². The molecule has 0 saturated carbocycles. The first kappa shape index (κ1) is 23.2. The summed E-state index contributed by atoms with van der Waals surface area (Å²) in [5, 5.41) is 1.90. The van der Waals surface area contributed by atoms with E-state index in [9.17, 15) is 9.59 Å². The third-order valence-electron chi connectivity index (χ3n) is 5.29. The molecule has 0 aliphatic rings. The molecule has 0 radical (unpaired) electrons. The van der Waals surface area contributed by atoms with Crippen LogP contribution in [0.1, 0.15) is 45.3 Å². The Bertz CT molecular complexity index is 967. The summed E-state index contributed by atoms with van der Waals surface area (Å²) in [5.41, 5.74) is 1.09. The smallest absolute Gasteiger partial charge is 0.264 e. The van der Waals surface area contributed by atoms with Gasteiger partial charge in [0.05, 0.1) is 11.4 Å². The Balaban J connectivity index is 1.80. The fourth-order valence-electron chi connectivity index (χ4n) is 3.34. The second kappa shape index (κ2) is 11.3. The number of benzene rings is 1. The highest BCUT2D eigenvalue weighted by Gasteiger charge is 2.24. The van der Waals surface area contributed by atoms with Gasteiger partial charge >= 0.3 is 0 Å². The molecular weight excluding hydrogens is 424 g/mol. The number of rotatable bonds is 10. The van der Waals surface area contributed by atoms with E-state index in [4.69, 9.17) is 0 Å². The molecule has 2 amide bonds. The summed E-state index contributed by atoms with van der Waals surface area (Å²) >= 11 is 3.13. The number of carbonyl (C=O) groups is 2. The van der Waals surface area contributed by atoms with E-state index < -0.39 is 0 Å². The van der Waals surface area contributed by atoms with Gasteiger partial charge in [0, 0.05) is 22.8 Å². The van der Waals surface area contributed by atoms with Gasteiger partial charge in [-0.25, -0.2) is 0 Å². The molecule has 1 atom stereocenters. The van der Waals surface area contributed by atoms with Crippen LogP contribution >= 0.6 is 22.7 Å². The molecular formula is C25H30N2O2S2. The van der Waals surface area contributed by atoms with E-state index >= 15 is 0 Å². The lowest BCUT2D eigenvalue weighted by Crippen LogP contribution is -2.43. The first-order chi connectivity index (χ1) is 15.0. The maximum atomic E-state index is 13.5. The molecule has 1 unspecified atom stereocenters. The summed E-state index contributed by atoms with van der Waals surface area (Å²) in [5.74, 6) is 0.248. The van der Waals surface area contributed by atoms with Crippen molar-refractivity contribution in [1.29, 1.82) is 0 Å². The van der Waals surface area contributed by atoms with Crippen LogP contribution in [0.2, 0.25) is 0 Å². The lowest BCUT2D eigenvalue weighted by molar-refractivity contribution is -0.133. The van der Waals surface area contributed by atoms with Crippen molar-refractivity contribution in [3.8, 4) is 0 Å². The fraction of sp³-hybridized carbons (Fsp3) is 0.360. The molecule has 0 saturated heterocycles. The van der Waals surface area contributed by atoms with Gasteiger partial charge in [0.25, 0.3) is 5.91 Å². The maximum Gasteiger partial charge on any atom is 0.264 e. The molecule has 2 aromatic heterocycles. The van der Waals surface area contributed by atoms with E-state index in [1.54, 1.807) is 16.2 Å². The Hall–Kier alpha value is -2.44. The van der Waals surface area contributed by atoms with Crippen molar-refractivity contribution < 1.29 is 9.59 Å². The van der Waals surface area contributed by atoms with Crippen molar-refractivity contribution in [1.82, 2.24) is 9.80 Å². The molecule has 3 rings (SSSR count). The molecule has 1 aromatic carbocycles. The third-order valence-corrected chi connectivity index (χ3v) is 7.13. The van der Waals surface area contributed by atoms with Crippen molar-refractivity contribution in [3.63, 3.8) is 0 Å². The lowest BCUT2D eigenvalue weighted by Gasteiger charge is -2.29. The van der Waals surface area contributed by atoms with Crippen molar-refractivity contribution in [3.05, 3.63) is 80.2 Å². The van der Waals surface area contributed by atoms with Crippen molar-refractivity contribution in [2.24, 2.45) is 5.92 Å². The van der Waals surface area contributed by atoms with E-state index in [-0.39, 0.29) is 18.4 Å². The van der Waals surface area contributed by atoms with Crippen molar-refractivity contribution in [2.75, 3.05) is 13.1 Å². The van der Waals surface area contributed by atoms with Crippen LogP contribution in [0.5, 0.6) is 0 Å². The predicted molar refractivity (Wildman–Crippen MR) is 129 cm³/mol. The summed E-state index contributed by atoms with van der Waals surface area (Å²) in [4.78, 5) is 33.2. The number of carbonyl (C=O) groups excluding carboxylic acids is 2. The van der Waals surface area contributed by atoms with Crippen LogP contribution in [-0.4, -0.2) is 34.7 Å². The first-order valence-corrected chi connectivity index (χ1v) is 12.4. The molecule has 31 heavy (non-hydrogen) atoms. The van der Waals surface area contributed by atoms with Crippen LogP contribution in [0, 0.1) is 12.8 Å². The quantitative estimate of drug-likeness (QED) is 0.386. The Labute approximate surface area is 193 Å². The van der Waals surface area contributed by atoms with E-state index in [0.29, 0.717) is 30.4 Å². The van der Waals surface area contributed by atoms with Crippen LogP contribution in [0.4, 0.5) is 0 Å². The molecule has 0 spiro atoms. The summed E-state index contributed by atoms with van der Waals surface area (Å²) in [6.45, 7) is 8.06. The van der Waals surface area contributed by atoms with Gasteiger partial charge in [-0.05, 0) is 42.0 Å². The highest BCUT2D eigenvalue weighted by atomic mass is 32.1. The van der Waals surface area contributed by atoms with Gasteiger partial charge in [0.2, 0.25) is 5.91 Å². The second-order valence-electron chi connectivity index (χ2n) is 7.92. The van der Waals surface area contributed by atoms with Gasteiger partial charge in [-0.1, -0.05) is 56.7 Å². The van der Waals surface area contributed by atoms with E-state index in [1.165, 1.54) is 16.2 Å². The summed E-state index contributed by atoms with van der Waals surface area (Å²) in [6, 6.07) is 17.9. The predicted octanol–water partition coefficient (Wildman–Crippen LogP) is 5.84. The molecule has 164 valence electrons. The number of thiophene rings is 2. The second-order valence-corrected chi connectivity index (χ2v) is 10.2. The van der Waals surface area contributed by atoms with Gasteiger partial charge in [-0.15, -0.1) is 22.7 Å². The average molecular weight is 455 g/mol. The van der Waals surface area contributed by atoms with Gasteiger partial charge in [0.15, 0.2) is 0 Å². The topological polar surface area (TPSA) is 40.6 Å². The summed E-state index contributed by atoms with van der Waals surface area (Å²) in [7, 11) is 0. The molecule has 0 aliphatic carbocycles. The van der Waals surface area contributed by atoms with Crippen LogP contribution in [0.15, 0.2) is 60.0 Å². The van der Waals surface area contributed by atoms with Gasteiger partial charge in [-0.2, -0.15) is 0 Å². The zero-order valence-corrected chi connectivity index (χ0v) is 20.0. The third kappa shape index (κ3) is 6.77. The molecule has 0 N–H and O–H groups in total. The SMILES string of the molecule is CCC(C)CN(CC(=O)N(Cc1ccccc1)Cc1ccc(C)s1)C(=O)c1cccs1. The van der Waals surface area contributed by atoms with Crippen LogP contribution < -0.4 is 0 Å². The number of nitrogens with zero attached hydrogens (tertiary/aromatic N) is 2. The zero-order valence-electron chi connectivity index (χ0n) is 18.4. The summed E-state index contributed by atoms with van der Waals surface area (Å²) < 4.78 is 0. The molecule has 2 heterocycles. The van der Waals surface area contributed by atoms with Crippen molar-refractivity contribution >= 4 is 34.5 Å². The lowest BCUT2D eigenvalue weighted by atomic mass is 10.1. The summed E-state index contributed by atoms with van der Waals surface area (Å²) in [6.07, 6.45) is 0.963. The highest BCUT2D eigenvalue weighted by molar-refractivity contribution is 7.12. The van der Waals surface area contributed by atoms with Gasteiger partial charge in [-0.3, -0.25) is 9.59 Å². The van der Waals surface area contributed by atoms with Crippen LogP contribution in [-0.2, 0) is 17.9 Å². The number of amides is 2. The first-order valence-electron chi connectivity index (χ1n) is 10.7. The van der Waals surface area contributed by atoms with Gasteiger partial charge in [0.1, 0.15) is 6.54 Å². The number of hydrogen-bond acceptors (Lipinski definition) is 4. The zero-order chi connectivity index (χ0) is 22.2. The Kier molecular flexibility index (Phi) is 8.43. The monoisotopic (exact) mass is 454 g/mol. The minimum Gasteiger partial charge on any atom is -0.332 e. The van der Waals surface area contributed by atoms with Crippen LogP contribution in [0.25, 0.3) is 0 Å². The molecule has 0 aliphatic heterocycles. The molecule has 0 fully saturated rings. The highest BCUT2D eigenvalue weighted by Crippen LogP contribution is 2.20. The maximum absolute atomic E-state index is 13.5. The van der Waals surface area contributed by atoms with E-state index in [1.807, 2.05) is 52.7 Å². The minimum absolute atomic E-state index is 0.0249. The fourth-order valence-corrected chi connectivity index (χ4v) is 4.94. The Morgan fingerprint density at radius 3 is 2.35 bits per heavy atom. The Morgan fingerprint density at radius 1 is 0.968 bits per heavy atom. The van der Waals surface area contributed by atoms with Crippen LogP contribution in [0.3, 0.4) is 0 Å². The van der Waals surface area contributed by atoms with E-state index in [0.717, 1.165) is 16.9 Å². The standard InChI is InChI=1S/C25H30N2O2S2/c1-4-19(2)15-27(25(29)23-11-8-14-30-23)18-24(28)26(16-21-9-6-5-7-10-21)17-22-13-12-20(3)31-22/h5-14,19H,4,15-18H2,1-3H3. The Morgan fingerprint density at radius 2 is 1.74 bits per heavy atom.